The summed E-state index contributed by atoms with van der Waals surface area (Å²) in [6.07, 6.45) is -0.669. The summed E-state index contributed by atoms with van der Waals surface area (Å²) >= 11 is 0. The van der Waals surface area contributed by atoms with E-state index in [2.05, 4.69) is 18.7 Å². The minimum Gasteiger partial charge on any atom is -0.389 e. The van der Waals surface area contributed by atoms with Gasteiger partial charge in [-0.05, 0) is 30.2 Å². The molecule has 1 aromatic carbocycles. The van der Waals surface area contributed by atoms with Crippen molar-refractivity contribution in [2.24, 2.45) is 5.92 Å². The van der Waals surface area contributed by atoms with Crippen LogP contribution in [0.4, 0.5) is 4.39 Å². The quantitative estimate of drug-likeness (QED) is 0.703. The van der Waals surface area contributed by atoms with Crippen molar-refractivity contribution in [1.29, 1.82) is 0 Å². The Balaban J connectivity index is 2.00. The Bertz CT molecular complexity index is 582. The van der Waals surface area contributed by atoms with Gasteiger partial charge in [0.15, 0.2) is 0 Å². The van der Waals surface area contributed by atoms with E-state index in [1.165, 1.54) is 24.3 Å². The second-order valence-electron chi connectivity index (χ2n) is 7.47. The number of nitrogens with zero attached hydrogens (tertiary/aromatic N) is 2. The van der Waals surface area contributed by atoms with Gasteiger partial charge in [0.05, 0.1) is 25.4 Å². The van der Waals surface area contributed by atoms with Crippen LogP contribution in [0.1, 0.15) is 24.2 Å². The van der Waals surface area contributed by atoms with E-state index in [0.29, 0.717) is 50.9 Å². The molecule has 6 nitrogen and oxygen atoms in total. The monoisotopic (exact) mass is 382 g/mol. The maximum atomic E-state index is 13.2. The average molecular weight is 382 g/mol. The summed E-state index contributed by atoms with van der Waals surface area (Å²) < 4.78 is 24.0. The van der Waals surface area contributed by atoms with Crippen molar-refractivity contribution in [2.45, 2.75) is 26.1 Å². The van der Waals surface area contributed by atoms with Gasteiger partial charge >= 0.3 is 0 Å². The van der Waals surface area contributed by atoms with E-state index < -0.39 is 6.10 Å². The smallest absolute Gasteiger partial charge is 0.253 e. The van der Waals surface area contributed by atoms with Crippen LogP contribution >= 0.6 is 0 Å². The lowest BCUT2D eigenvalue weighted by Crippen LogP contribution is -2.51. The first-order valence-corrected chi connectivity index (χ1v) is 9.44. The van der Waals surface area contributed by atoms with Gasteiger partial charge < -0.3 is 19.5 Å². The molecule has 1 fully saturated rings. The summed E-state index contributed by atoms with van der Waals surface area (Å²) in [7, 11) is 1.57. The predicted molar refractivity (Wildman–Crippen MR) is 101 cm³/mol. The van der Waals surface area contributed by atoms with Crippen LogP contribution in [0.15, 0.2) is 24.3 Å². The zero-order valence-corrected chi connectivity index (χ0v) is 16.4. The largest absolute Gasteiger partial charge is 0.389 e. The van der Waals surface area contributed by atoms with E-state index >= 15 is 0 Å². The molecule has 1 aromatic rings. The van der Waals surface area contributed by atoms with Crippen molar-refractivity contribution >= 4 is 5.91 Å². The minimum atomic E-state index is -0.540. The zero-order valence-electron chi connectivity index (χ0n) is 16.4. The number of methoxy groups -OCH3 is 1. The fourth-order valence-electron chi connectivity index (χ4n) is 3.30. The van der Waals surface area contributed by atoms with Gasteiger partial charge in [0.1, 0.15) is 5.82 Å². The molecular weight excluding hydrogens is 351 g/mol. The van der Waals surface area contributed by atoms with Crippen LogP contribution in [0.2, 0.25) is 0 Å². The molecule has 2 atom stereocenters. The number of carbonyl (C=O) groups is 1. The number of ether oxygens (including phenoxy) is 2. The van der Waals surface area contributed by atoms with Crippen molar-refractivity contribution in [3.05, 3.63) is 35.6 Å². The molecule has 0 radical (unpaired) electrons. The average Bonchev–Trinajstić information content (AvgIpc) is 2.61. The van der Waals surface area contributed by atoms with Crippen molar-refractivity contribution in [3.63, 3.8) is 0 Å². The number of benzene rings is 1. The molecule has 2 rings (SSSR count). The summed E-state index contributed by atoms with van der Waals surface area (Å²) in [6.45, 7) is 7.94. The van der Waals surface area contributed by atoms with E-state index in [0.717, 1.165) is 6.54 Å². The van der Waals surface area contributed by atoms with Crippen LogP contribution in [-0.2, 0) is 9.47 Å². The van der Waals surface area contributed by atoms with E-state index in [9.17, 15) is 14.3 Å². The molecule has 0 aliphatic carbocycles. The van der Waals surface area contributed by atoms with Crippen LogP contribution < -0.4 is 0 Å². The van der Waals surface area contributed by atoms with Crippen LogP contribution in [-0.4, -0.2) is 86.1 Å². The van der Waals surface area contributed by atoms with Gasteiger partial charge in [-0.25, -0.2) is 4.39 Å². The van der Waals surface area contributed by atoms with E-state index in [-0.39, 0.29) is 17.8 Å². The van der Waals surface area contributed by atoms with E-state index in [1.54, 1.807) is 12.0 Å². The minimum absolute atomic E-state index is 0.121. The number of β-amino-alcohol motifs (C(OH)–C–C–N with tert-alkyl or cyclic N) is 1. The lowest BCUT2D eigenvalue weighted by atomic mass is 10.1. The highest BCUT2D eigenvalue weighted by molar-refractivity contribution is 5.94. The summed E-state index contributed by atoms with van der Waals surface area (Å²) in [5.41, 5.74) is 0.472. The van der Waals surface area contributed by atoms with Crippen LogP contribution in [0.3, 0.4) is 0 Å². The molecule has 1 amide bonds. The summed E-state index contributed by atoms with van der Waals surface area (Å²) in [4.78, 5) is 16.8. The Kier molecular flexibility index (Phi) is 8.63. The second-order valence-corrected chi connectivity index (χ2v) is 7.47. The number of hydrogen-bond donors (Lipinski definition) is 1. The molecule has 0 saturated carbocycles. The fourth-order valence-corrected chi connectivity index (χ4v) is 3.30. The third-order valence-corrected chi connectivity index (χ3v) is 4.44. The van der Waals surface area contributed by atoms with E-state index in [1.807, 2.05) is 0 Å². The lowest BCUT2D eigenvalue weighted by molar-refractivity contribution is -0.0569. The van der Waals surface area contributed by atoms with E-state index in [4.69, 9.17) is 9.47 Å². The van der Waals surface area contributed by atoms with Gasteiger partial charge in [-0.15, -0.1) is 0 Å². The first kappa shape index (κ1) is 21.8. The Labute approximate surface area is 160 Å². The number of hydrogen-bond acceptors (Lipinski definition) is 5. The van der Waals surface area contributed by atoms with Crippen LogP contribution in [0.5, 0.6) is 0 Å². The number of aliphatic hydroxyl groups excluding tert-OH is 1. The standard InChI is InChI=1S/C20H31FN2O4/c1-15(2)10-23(20(25)16-4-6-17(21)7-5-16)13-19-12-22(8-9-27-19)11-18(24)14-26-3/h4-7,15,18-19,24H,8-14H2,1-3H3/t18-,19+/m0/s1. The number of morpholine rings is 1. The molecule has 0 bridgehead atoms. The number of halogens is 1. The molecule has 1 aliphatic heterocycles. The number of aliphatic hydroxyl groups is 1. The molecule has 1 saturated heterocycles. The zero-order chi connectivity index (χ0) is 19.8. The third kappa shape index (κ3) is 7.18. The molecule has 0 unspecified atom stereocenters. The summed E-state index contributed by atoms with van der Waals surface area (Å²) in [6, 6.07) is 5.63. The van der Waals surface area contributed by atoms with Crippen molar-refractivity contribution in [2.75, 3.05) is 53.0 Å². The lowest BCUT2D eigenvalue weighted by Gasteiger charge is -2.37. The molecule has 1 heterocycles. The number of rotatable bonds is 9. The predicted octanol–water partition coefficient (Wildman–Crippen LogP) is 1.63. The molecule has 152 valence electrons. The Morgan fingerprint density at radius 3 is 2.74 bits per heavy atom. The first-order chi connectivity index (χ1) is 12.9. The maximum absolute atomic E-state index is 13.2. The number of carbonyl (C=O) groups excluding carboxylic acids is 1. The molecule has 0 aromatic heterocycles. The molecule has 7 heteroatoms. The first-order valence-electron chi connectivity index (χ1n) is 9.44. The molecule has 27 heavy (non-hydrogen) atoms. The van der Waals surface area contributed by atoms with Gasteiger partial charge in [0.2, 0.25) is 0 Å². The molecule has 1 N–H and O–H groups in total. The van der Waals surface area contributed by atoms with Gasteiger partial charge in [-0.1, -0.05) is 13.8 Å². The topological polar surface area (TPSA) is 62.2 Å². The summed E-state index contributed by atoms with van der Waals surface area (Å²) in [5.74, 6) is -0.177. The van der Waals surface area contributed by atoms with Crippen molar-refractivity contribution in [1.82, 2.24) is 9.80 Å². The van der Waals surface area contributed by atoms with Gasteiger partial charge in [-0.3, -0.25) is 9.69 Å². The molecule has 0 spiro atoms. The highest BCUT2D eigenvalue weighted by Crippen LogP contribution is 2.13. The van der Waals surface area contributed by atoms with Crippen LogP contribution in [0.25, 0.3) is 0 Å². The van der Waals surface area contributed by atoms with Crippen molar-refractivity contribution in [3.8, 4) is 0 Å². The molecule has 1 aliphatic rings. The fraction of sp³-hybridized carbons (Fsp3) is 0.650. The van der Waals surface area contributed by atoms with Crippen molar-refractivity contribution < 1.29 is 23.8 Å². The van der Waals surface area contributed by atoms with Gasteiger partial charge in [0, 0.05) is 45.4 Å². The highest BCUT2D eigenvalue weighted by Gasteiger charge is 2.27. The summed E-state index contributed by atoms with van der Waals surface area (Å²) in [5, 5.41) is 9.95. The van der Waals surface area contributed by atoms with Crippen LogP contribution in [0, 0.1) is 11.7 Å². The van der Waals surface area contributed by atoms with Gasteiger partial charge in [0.25, 0.3) is 5.91 Å². The Morgan fingerprint density at radius 1 is 1.41 bits per heavy atom. The van der Waals surface area contributed by atoms with Gasteiger partial charge in [-0.2, -0.15) is 0 Å². The Hall–Kier alpha value is -1.54. The maximum Gasteiger partial charge on any atom is 0.253 e. The SMILES string of the molecule is COC[C@@H](O)CN1CCO[C@@H](CN(CC(C)C)C(=O)c2ccc(F)cc2)C1. The second kappa shape index (κ2) is 10.7. The highest BCUT2D eigenvalue weighted by atomic mass is 19.1. The number of amides is 1. The third-order valence-electron chi connectivity index (χ3n) is 4.44. The Morgan fingerprint density at radius 2 is 2.11 bits per heavy atom. The normalized spacial score (nSPS) is 19.3. The molecular formula is C20H31FN2O4.